The van der Waals surface area contributed by atoms with Gasteiger partial charge in [-0.05, 0) is 50.3 Å². The minimum absolute atomic E-state index is 0.0729. The molecule has 1 aliphatic rings. The lowest BCUT2D eigenvalue weighted by atomic mass is 9.65. The van der Waals surface area contributed by atoms with Crippen molar-refractivity contribution in [2.45, 2.75) is 43.6 Å². The smallest absolute Gasteiger partial charge is 0.0620 e. The van der Waals surface area contributed by atoms with Crippen LogP contribution in [0.3, 0.4) is 0 Å². The summed E-state index contributed by atoms with van der Waals surface area (Å²) in [5.74, 6) is 0. The summed E-state index contributed by atoms with van der Waals surface area (Å²) in [5.41, 5.74) is 6.49. The molecular weight excluding hydrogens is 269 g/mol. The Hall–Kier alpha value is -0.280. The summed E-state index contributed by atoms with van der Waals surface area (Å²) in [5, 5.41) is 11.2. The van der Waals surface area contributed by atoms with Gasteiger partial charge in [0.25, 0.3) is 0 Å². The Bertz CT molecular complexity index is 435. The van der Waals surface area contributed by atoms with E-state index < -0.39 is 5.60 Å². The number of nitrogens with two attached hydrogens (primary N) is 1. The van der Waals surface area contributed by atoms with Crippen molar-refractivity contribution in [1.82, 2.24) is 0 Å². The van der Waals surface area contributed by atoms with Gasteiger partial charge in [0.15, 0.2) is 0 Å². The van der Waals surface area contributed by atoms with Crippen LogP contribution in [0.4, 0.5) is 0 Å². The molecule has 1 aromatic rings. The largest absolute Gasteiger partial charge is 0.390 e. The van der Waals surface area contributed by atoms with E-state index in [2.05, 4.69) is 0 Å². The maximum absolute atomic E-state index is 10.1. The molecule has 0 amide bonds. The minimum atomic E-state index is -0.561. The van der Waals surface area contributed by atoms with Gasteiger partial charge in [-0.25, -0.2) is 0 Å². The van der Waals surface area contributed by atoms with Crippen LogP contribution in [0.2, 0.25) is 10.0 Å². The first kappa shape index (κ1) is 14.1. The van der Waals surface area contributed by atoms with Crippen LogP contribution in [-0.2, 0) is 5.41 Å². The number of rotatable bonds is 2. The Kier molecular flexibility index (Phi) is 3.93. The standard InChI is InChI=1S/C14H19Cl2NO/c1-13(18)4-6-14(9-17,7-5-13)10-2-3-11(15)12(16)8-10/h2-3,8,18H,4-7,9,17H2,1H3/t13-,14-. The average Bonchev–Trinajstić information content (AvgIpc) is 2.34. The van der Waals surface area contributed by atoms with Crippen molar-refractivity contribution in [2.75, 3.05) is 6.54 Å². The Morgan fingerprint density at radius 1 is 1.17 bits per heavy atom. The predicted octanol–water partition coefficient (Wildman–Crippen LogP) is 3.51. The van der Waals surface area contributed by atoms with Crippen LogP contribution in [0.25, 0.3) is 0 Å². The molecule has 2 nitrogen and oxygen atoms in total. The number of hydrogen-bond donors (Lipinski definition) is 2. The van der Waals surface area contributed by atoms with Gasteiger partial charge >= 0.3 is 0 Å². The lowest BCUT2D eigenvalue weighted by Gasteiger charge is -2.42. The molecule has 100 valence electrons. The molecule has 0 bridgehead atoms. The molecule has 3 N–H and O–H groups in total. The second kappa shape index (κ2) is 5.01. The molecule has 4 heteroatoms. The molecule has 1 aromatic carbocycles. The van der Waals surface area contributed by atoms with Gasteiger partial charge < -0.3 is 10.8 Å². The second-order valence-corrected chi connectivity index (χ2v) is 6.42. The zero-order chi connectivity index (χ0) is 13.4. The Morgan fingerprint density at radius 3 is 2.28 bits per heavy atom. The molecule has 0 saturated heterocycles. The van der Waals surface area contributed by atoms with Crippen molar-refractivity contribution in [1.29, 1.82) is 0 Å². The van der Waals surface area contributed by atoms with E-state index in [0.29, 0.717) is 16.6 Å². The molecule has 0 heterocycles. The average molecular weight is 288 g/mol. The normalized spacial score (nSPS) is 32.5. The fourth-order valence-corrected chi connectivity index (χ4v) is 3.00. The number of hydrogen-bond acceptors (Lipinski definition) is 2. The molecule has 18 heavy (non-hydrogen) atoms. The molecule has 0 spiro atoms. The van der Waals surface area contributed by atoms with Crippen molar-refractivity contribution < 1.29 is 5.11 Å². The van der Waals surface area contributed by atoms with Gasteiger partial charge in [0, 0.05) is 12.0 Å². The highest BCUT2D eigenvalue weighted by atomic mass is 35.5. The third-order valence-corrected chi connectivity index (χ3v) is 4.95. The van der Waals surface area contributed by atoms with Crippen molar-refractivity contribution in [3.05, 3.63) is 33.8 Å². The fourth-order valence-electron chi connectivity index (χ4n) is 2.70. The Morgan fingerprint density at radius 2 is 1.78 bits per heavy atom. The molecule has 0 aliphatic heterocycles. The first-order chi connectivity index (χ1) is 8.38. The maximum atomic E-state index is 10.1. The van der Waals surface area contributed by atoms with Gasteiger partial charge in [-0.15, -0.1) is 0 Å². The van der Waals surface area contributed by atoms with Gasteiger partial charge in [-0.3, -0.25) is 0 Å². The monoisotopic (exact) mass is 287 g/mol. The molecule has 0 aromatic heterocycles. The van der Waals surface area contributed by atoms with Crippen LogP contribution in [0.1, 0.15) is 38.2 Å². The van der Waals surface area contributed by atoms with E-state index in [9.17, 15) is 5.11 Å². The molecule has 2 rings (SSSR count). The molecule has 0 unspecified atom stereocenters. The van der Waals surface area contributed by atoms with Gasteiger partial charge in [-0.1, -0.05) is 29.3 Å². The fraction of sp³-hybridized carbons (Fsp3) is 0.571. The lowest BCUT2D eigenvalue weighted by Crippen LogP contribution is -2.44. The van der Waals surface area contributed by atoms with Crippen molar-refractivity contribution in [3.63, 3.8) is 0 Å². The molecular formula is C14H19Cl2NO. The highest BCUT2D eigenvalue weighted by Gasteiger charge is 2.39. The lowest BCUT2D eigenvalue weighted by molar-refractivity contribution is 0.00144. The van der Waals surface area contributed by atoms with Crippen molar-refractivity contribution >= 4 is 23.2 Å². The predicted molar refractivity (Wildman–Crippen MR) is 76.3 cm³/mol. The molecule has 1 fully saturated rings. The van der Waals surface area contributed by atoms with E-state index in [0.717, 1.165) is 31.2 Å². The first-order valence-electron chi connectivity index (χ1n) is 6.27. The topological polar surface area (TPSA) is 46.2 Å². The molecule has 1 saturated carbocycles. The molecule has 0 atom stereocenters. The summed E-state index contributed by atoms with van der Waals surface area (Å²) in [6, 6.07) is 5.74. The number of benzene rings is 1. The third-order valence-electron chi connectivity index (χ3n) is 4.21. The maximum Gasteiger partial charge on any atom is 0.0620 e. The Balaban J connectivity index is 2.30. The minimum Gasteiger partial charge on any atom is -0.390 e. The van der Waals surface area contributed by atoms with Crippen LogP contribution < -0.4 is 5.73 Å². The van der Waals surface area contributed by atoms with E-state index in [1.807, 2.05) is 25.1 Å². The van der Waals surface area contributed by atoms with E-state index >= 15 is 0 Å². The summed E-state index contributed by atoms with van der Waals surface area (Å²) < 4.78 is 0. The molecule has 1 aliphatic carbocycles. The van der Waals surface area contributed by atoms with Crippen LogP contribution in [0, 0.1) is 0 Å². The summed E-state index contributed by atoms with van der Waals surface area (Å²) >= 11 is 12.0. The summed E-state index contributed by atoms with van der Waals surface area (Å²) in [7, 11) is 0. The summed E-state index contributed by atoms with van der Waals surface area (Å²) in [6.45, 7) is 2.46. The van der Waals surface area contributed by atoms with Crippen LogP contribution in [-0.4, -0.2) is 17.3 Å². The summed E-state index contributed by atoms with van der Waals surface area (Å²) in [6.07, 6.45) is 3.30. The molecule has 0 radical (unpaired) electrons. The zero-order valence-electron chi connectivity index (χ0n) is 10.5. The van der Waals surface area contributed by atoms with Crippen LogP contribution >= 0.6 is 23.2 Å². The van der Waals surface area contributed by atoms with Crippen LogP contribution in [0.15, 0.2) is 18.2 Å². The van der Waals surface area contributed by atoms with Crippen LogP contribution in [0.5, 0.6) is 0 Å². The first-order valence-corrected chi connectivity index (χ1v) is 7.02. The highest BCUT2D eigenvalue weighted by Crippen LogP contribution is 2.43. The second-order valence-electron chi connectivity index (χ2n) is 5.61. The van der Waals surface area contributed by atoms with E-state index in [-0.39, 0.29) is 5.41 Å². The quantitative estimate of drug-likeness (QED) is 0.874. The SMILES string of the molecule is C[C@]1(O)CC[C@](CN)(c2ccc(Cl)c(Cl)c2)CC1. The zero-order valence-corrected chi connectivity index (χ0v) is 12.1. The Labute approximate surface area is 118 Å². The van der Waals surface area contributed by atoms with Gasteiger partial charge in [0.2, 0.25) is 0 Å². The van der Waals surface area contributed by atoms with Gasteiger partial charge in [0.1, 0.15) is 0 Å². The third kappa shape index (κ3) is 2.67. The highest BCUT2D eigenvalue weighted by molar-refractivity contribution is 6.42. The van der Waals surface area contributed by atoms with Crippen molar-refractivity contribution in [2.24, 2.45) is 5.73 Å². The van der Waals surface area contributed by atoms with Gasteiger partial charge in [0.05, 0.1) is 15.6 Å². The van der Waals surface area contributed by atoms with E-state index in [1.165, 1.54) is 0 Å². The van der Waals surface area contributed by atoms with E-state index in [1.54, 1.807) is 0 Å². The van der Waals surface area contributed by atoms with Crippen molar-refractivity contribution in [3.8, 4) is 0 Å². The van der Waals surface area contributed by atoms with E-state index in [4.69, 9.17) is 28.9 Å². The van der Waals surface area contributed by atoms with Gasteiger partial charge in [-0.2, -0.15) is 0 Å². The summed E-state index contributed by atoms with van der Waals surface area (Å²) in [4.78, 5) is 0. The number of aliphatic hydroxyl groups is 1. The number of halogens is 2.